The average molecular weight is 266 g/mol. The molecule has 1 rings (SSSR count). The third-order valence-corrected chi connectivity index (χ3v) is 2.81. The second kappa shape index (κ2) is 6.75. The second-order valence-electron chi connectivity index (χ2n) is 4.00. The van der Waals surface area contributed by atoms with Crippen LogP contribution in [0.4, 0.5) is 5.69 Å². The second-order valence-corrected chi connectivity index (χ2v) is 4.00. The highest BCUT2D eigenvalue weighted by Crippen LogP contribution is 2.37. The molecule has 0 aromatic heterocycles. The molecule has 0 fully saturated rings. The smallest absolute Gasteiger partial charge is 0.278 e. The van der Waals surface area contributed by atoms with Gasteiger partial charge < -0.3 is 15.2 Å². The van der Waals surface area contributed by atoms with Crippen LogP contribution in [0.2, 0.25) is 0 Å². The number of nitro benzene ring substituents is 1. The van der Waals surface area contributed by atoms with Crippen LogP contribution in [0.1, 0.15) is 24.4 Å². The number of nitrogens with two attached hydrogens (primary N) is 1. The van der Waals surface area contributed by atoms with Gasteiger partial charge in [0.1, 0.15) is 0 Å². The van der Waals surface area contributed by atoms with E-state index in [2.05, 4.69) is 6.58 Å². The molecule has 1 aromatic carbocycles. The van der Waals surface area contributed by atoms with Gasteiger partial charge in [-0.25, -0.2) is 0 Å². The van der Waals surface area contributed by atoms with E-state index in [0.29, 0.717) is 29.9 Å². The number of hydrogen-bond acceptors (Lipinski definition) is 5. The van der Waals surface area contributed by atoms with Crippen molar-refractivity contribution in [1.82, 2.24) is 0 Å². The molecule has 6 heteroatoms. The van der Waals surface area contributed by atoms with Crippen LogP contribution in [0.15, 0.2) is 24.8 Å². The van der Waals surface area contributed by atoms with E-state index in [-0.39, 0.29) is 5.69 Å². The first kappa shape index (κ1) is 15.0. The fourth-order valence-corrected chi connectivity index (χ4v) is 1.79. The maximum absolute atomic E-state index is 11.1. The Morgan fingerprint density at radius 3 is 2.47 bits per heavy atom. The highest BCUT2D eigenvalue weighted by Gasteiger charge is 2.23. The van der Waals surface area contributed by atoms with E-state index in [1.54, 1.807) is 12.1 Å². The molecule has 0 radical (unpaired) electrons. The molecular weight excluding hydrogens is 248 g/mol. The van der Waals surface area contributed by atoms with Crippen molar-refractivity contribution in [2.24, 2.45) is 5.73 Å². The summed E-state index contributed by atoms with van der Waals surface area (Å²) in [5.41, 5.74) is 6.36. The van der Waals surface area contributed by atoms with Gasteiger partial charge in [0.05, 0.1) is 30.8 Å². The van der Waals surface area contributed by atoms with Gasteiger partial charge in [-0.05, 0) is 18.9 Å². The fourth-order valence-electron chi connectivity index (χ4n) is 1.79. The Balaban J connectivity index is 3.26. The Morgan fingerprint density at radius 2 is 2.00 bits per heavy atom. The minimum Gasteiger partial charge on any atom is -0.493 e. The van der Waals surface area contributed by atoms with E-state index in [9.17, 15) is 10.1 Å². The number of allylic oxidation sites excluding steroid dienone is 1. The van der Waals surface area contributed by atoms with Crippen molar-refractivity contribution >= 4 is 5.69 Å². The van der Waals surface area contributed by atoms with Gasteiger partial charge in [0.15, 0.2) is 11.5 Å². The Labute approximate surface area is 112 Å². The summed E-state index contributed by atoms with van der Waals surface area (Å²) in [7, 11) is 2.90. The normalized spacial score (nSPS) is 11.7. The summed E-state index contributed by atoms with van der Waals surface area (Å²) in [6.45, 7) is 3.61. The number of rotatable bonds is 7. The molecule has 1 atom stereocenters. The fraction of sp³-hybridized carbons (Fsp3) is 0.385. The summed E-state index contributed by atoms with van der Waals surface area (Å²) >= 11 is 0. The minimum absolute atomic E-state index is 0.0609. The maximum Gasteiger partial charge on any atom is 0.278 e. The molecule has 104 valence electrons. The molecular formula is C13H18N2O4. The lowest BCUT2D eigenvalue weighted by molar-refractivity contribution is -0.385. The first-order chi connectivity index (χ1) is 9.04. The maximum atomic E-state index is 11.1. The molecule has 0 aliphatic carbocycles. The van der Waals surface area contributed by atoms with E-state index < -0.39 is 11.0 Å². The minimum atomic E-state index is -0.467. The quantitative estimate of drug-likeness (QED) is 0.465. The van der Waals surface area contributed by atoms with E-state index in [4.69, 9.17) is 15.2 Å². The number of nitrogens with zero attached hydrogens (tertiary/aromatic N) is 1. The predicted molar refractivity (Wildman–Crippen MR) is 72.6 cm³/mol. The Hall–Kier alpha value is -2.08. The molecule has 0 saturated heterocycles. The summed E-state index contributed by atoms with van der Waals surface area (Å²) in [6.07, 6.45) is 3.00. The predicted octanol–water partition coefficient (Wildman–Crippen LogP) is 2.58. The van der Waals surface area contributed by atoms with Gasteiger partial charge in [-0.3, -0.25) is 10.1 Å². The molecule has 0 aliphatic rings. The molecule has 0 aliphatic heterocycles. The zero-order valence-electron chi connectivity index (χ0n) is 11.1. The molecule has 0 bridgehead atoms. The lowest BCUT2D eigenvalue weighted by Crippen LogP contribution is -2.12. The lowest BCUT2D eigenvalue weighted by atomic mass is 10.0. The number of ether oxygens (including phenoxy) is 2. The van der Waals surface area contributed by atoms with Gasteiger partial charge in [0.2, 0.25) is 0 Å². The van der Waals surface area contributed by atoms with E-state index >= 15 is 0 Å². The largest absolute Gasteiger partial charge is 0.493 e. The van der Waals surface area contributed by atoms with Crippen LogP contribution in [0.25, 0.3) is 0 Å². The summed E-state index contributed by atoms with van der Waals surface area (Å²) in [4.78, 5) is 10.6. The molecule has 2 N–H and O–H groups in total. The molecule has 1 aromatic rings. The number of hydrogen-bond donors (Lipinski definition) is 1. The first-order valence-corrected chi connectivity index (χ1v) is 5.81. The van der Waals surface area contributed by atoms with Crippen LogP contribution in [0.3, 0.4) is 0 Å². The number of methoxy groups -OCH3 is 2. The van der Waals surface area contributed by atoms with Crippen LogP contribution >= 0.6 is 0 Å². The Kier molecular flexibility index (Phi) is 5.32. The van der Waals surface area contributed by atoms with Crippen molar-refractivity contribution in [1.29, 1.82) is 0 Å². The number of benzene rings is 1. The zero-order chi connectivity index (χ0) is 14.4. The Bertz CT molecular complexity index is 474. The topological polar surface area (TPSA) is 87.6 Å². The molecule has 0 spiro atoms. The summed E-state index contributed by atoms with van der Waals surface area (Å²) in [6, 6.07) is 2.45. The van der Waals surface area contributed by atoms with Gasteiger partial charge in [-0.1, -0.05) is 6.08 Å². The van der Waals surface area contributed by atoms with E-state index in [1.807, 2.05) is 0 Å². The standard InChI is InChI=1S/C13H18N2O4/c1-4-5-6-10(14)9-7-12(18-2)13(19-3)8-11(9)15(16)17/h4,7-8,10H,1,5-6,14H2,2-3H3/t10-/m0/s1. The van der Waals surface area contributed by atoms with E-state index in [0.717, 1.165) is 0 Å². The SMILES string of the molecule is C=CCC[C@H](N)c1cc(OC)c(OC)cc1[N+](=O)[O-]. The summed E-state index contributed by atoms with van der Waals surface area (Å²) < 4.78 is 10.2. The molecule has 0 heterocycles. The molecule has 0 unspecified atom stereocenters. The monoisotopic (exact) mass is 266 g/mol. The van der Waals surface area contributed by atoms with Crippen molar-refractivity contribution in [3.05, 3.63) is 40.5 Å². The molecule has 0 amide bonds. The van der Waals surface area contributed by atoms with Crippen LogP contribution in [-0.4, -0.2) is 19.1 Å². The van der Waals surface area contributed by atoms with Crippen LogP contribution in [-0.2, 0) is 0 Å². The third kappa shape index (κ3) is 3.45. The first-order valence-electron chi connectivity index (χ1n) is 5.81. The van der Waals surface area contributed by atoms with Crippen molar-refractivity contribution in [3.8, 4) is 11.5 Å². The van der Waals surface area contributed by atoms with Crippen LogP contribution < -0.4 is 15.2 Å². The van der Waals surface area contributed by atoms with Crippen LogP contribution in [0.5, 0.6) is 11.5 Å². The highest BCUT2D eigenvalue weighted by atomic mass is 16.6. The molecule has 6 nitrogen and oxygen atoms in total. The summed E-state index contributed by atoms with van der Waals surface area (Å²) in [5, 5.41) is 11.1. The van der Waals surface area contributed by atoms with Crippen molar-refractivity contribution in [2.45, 2.75) is 18.9 Å². The molecule has 0 saturated carbocycles. The highest BCUT2D eigenvalue weighted by molar-refractivity contribution is 5.55. The van der Waals surface area contributed by atoms with Crippen molar-refractivity contribution in [3.63, 3.8) is 0 Å². The lowest BCUT2D eigenvalue weighted by Gasteiger charge is -2.14. The van der Waals surface area contributed by atoms with Crippen molar-refractivity contribution in [2.75, 3.05) is 14.2 Å². The zero-order valence-corrected chi connectivity index (χ0v) is 11.1. The molecule has 19 heavy (non-hydrogen) atoms. The van der Waals surface area contributed by atoms with E-state index in [1.165, 1.54) is 20.3 Å². The van der Waals surface area contributed by atoms with Gasteiger partial charge in [-0.2, -0.15) is 0 Å². The van der Waals surface area contributed by atoms with Crippen LogP contribution in [0, 0.1) is 10.1 Å². The average Bonchev–Trinajstić information content (AvgIpc) is 2.42. The Morgan fingerprint density at radius 1 is 1.42 bits per heavy atom. The van der Waals surface area contributed by atoms with Gasteiger partial charge in [-0.15, -0.1) is 6.58 Å². The summed E-state index contributed by atoms with van der Waals surface area (Å²) in [5.74, 6) is 0.742. The third-order valence-electron chi connectivity index (χ3n) is 2.81. The van der Waals surface area contributed by atoms with Gasteiger partial charge in [0, 0.05) is 6.04 Å². The van der Waals surface area contributed by atoms with Crippen molar-refractivity contribution < 1.29 is 14.4 Å². The van der Waals surface area contributed by atoms with Gasteiger partial charge >= 0.3 is 0 Å². The van der Waals surface area contributed by atoms with Gasteiger partial charge in [0.25, 0.3) is 5.69 Å². The number of nitro groups is 1.